The van der Waals surface area contributed by atoms with Crippen LogP contribution in [-0.2, 0) is 0 Å². The summed E-state index contributed by atoms with van der Waals surface area (Å²) in [5.41, 5.74) is 1.79. The predicted molar refractivity (Wildman–Crippen MR) is 72.5 cm³/mol. The second kappa shape index (κ2) is 4.70. The molecule has 2 nitrogen and oxygen atoms in total. The van der Waals surface area contributed by atoms with Crippen LogP contribution in [0.3, 0.4) is 0 Å². The van der Waals surface area contributed by atoms with E-state index < -0.39 is 0 Å². The molecule has 0 bridgehead atoms. The Balaban J connectivity index is 1.87. The van der Waals surface area contributed by atoms with E-state index in [1.54, 1.807) is 0 Å². The van der Waals surface area contributed by atoms with Gasteiger partial charge in [-0.1, -0.05) is 60.7 Å². The third-order valence-corrected chi connectivity index (χ3v) is 3.71. The summed E-state index contributed by atoms with van der Waals surface area (Å²) in [6.45, 7) is 0. The van der Waals surface area contributed by atoms with Crippen LogP contribution < -0.4 is 0 Å². The summed E-state index contributed by atoms with van der Waals surface area (Å²) in [6, 6.07) is 21.3. The molecule has 3 rings (SSSR count). The summed E-state index contributed by atoms with van der Waals surface area (Å²) in [6.07, 6.45) is 0. The van der Waals surface area contributed by atoms with E-state index in [1.807, 2.05) is 60.7 Å². The summed E-state index contributed by atoms with van der Waals surface area (Å²) >= 11 is 0. The van der Waals surface area contributed by atoms with Crippen LogP contribution in [0.25, 0.3) is 0 Å². The molecule has 0 spiro atoms. The second-order valence-corrected chi connectivity index (χ2v) is 4.85. The van der Waals surface area contributed by atoms with Crippen molar-refractivity contribution in [1.82, 2.24) is 0 Å². The van der Waals surface area contributed by atoms with E-state index in [-0.39, 0.29) is 23.5 Å². The molecule has 3 atom stereocenters. The summed E-state index contributed by atoms with van der Waals surface area (Å²) in [7, 11) is 0. The zero-order valence-electron chi connectivity index (χ0n) is 10.4. The van der Waals surface area contributed by atoms with Crippen LogP contribution in [0.15, 0.2) is 60.7 Å². The Hall–Kier alpha value is -2.40. The number of nitriles is 1. The molecule has 0 heterocycles. The number of hydrogen-bond acceptors (Lipinski definition) is 2. The quantitative estimate of drug-likeness (QED) is 0.780. The highest BCUT2D eigenvalue weighted by Crippen LogP contribution is 2.54. The van der Waals surface area contributed by atoms with Crippen LogP contribution in [-0.4, -0.2) is 5.78 Å². The molecule has 0 N–H and O–H groups in total. The highest BCUT2D eigenvalue weighted by molar-refractivity contribution is 6.01. The molecule has 1 aliphatic rings. The molecule has 2 heteroatoms. The number of benzene rings is 2. The first-order valence-electron chi connectivity index (χ1n) is 6.37. The summed E-state index contributed by atoms with van der Waals surface area (Å²) < 4.78 is 0. The van der Waals surface area contributed by atoms with Gasteiger partial charge in [-0.2, -0.15) is 5.26 Å². The Morgan fingerprint density at radius 2 is 1.53 bits per heavy atom. The number of Topliss-reactive ketones (excluding diaryl/α,β-unsaturated/α-hetero) is 1. The first kappa shape index (κ1) is 11.7. The fraction of sp³-hybridized carbons (Fsp3) is 0.176. The topological polar surface area (TPSA) is 40.9 Å². The molecular weight excluding hydrogens is 234 g/mol. The minimum Gasteiger partial charge on any atom is -0.294 e. The van der Waals surface area contributed by atoms with Gasteiger partial charge in [0.25, 0.3) is 0 Å². The van der Waals surface area contributed by atoms with Crippen molar-refractivity contribution < 1.29 is 4.79 Å². The maximum absolute atomic E-state index is 12.4. The number of carbonyl (C=O) groups is 1. The van der Waals surface area contributed by atoms with Crippen LogP contribution >= 0.6 is 0 Å². The maximum Gasteiger partial charge on any atom is 0.167 e. The number of rotatable bonds is 3. The highest BCUT2D eigenvalue weighted by atomic mass is 16.1. The minimum absolute atomic E-state index is 0.0545. The standard InChI is InChI=1S/C17H13NO/c18-11-14-15(12-7-3-1-4-8-12)16(14)17(19)13-9-5-2-6-10-13/h1-10,14-16H/t14-,15+,16+/m0/s1. The molecule has 0 radical (unpaired) electrons. The van der Waals surface area contributed by atoms with E-state index in [2.05, 4.69) is 6.07 Å². The second-order valence-electron chi connectivity index (χ2n) is 4.85. The SMILES string of the molecule is N#C[C@@H]1[C@@H](C(=O)c2ccccc2)[C@@H]1c1ccccc1. The Bertz CT molecular complexity index is 627. The monoisotopic (exact) mass is 247 g/mol. The lowest BCUT2D eigenvalue weighted by molar-refractivity contribution is 0.0962. The van der Waals surface area contributed by atoms with Crippen molar-refractivity contribution in [2.24, 2.45) is 11.8 Å². The fourth-order valence-electron chi connectivity index (χ4n) is 2.68. The van der Waals surface area contributed by atoms with Crippen LogP contribution in [0.2, 0.25) is 0 Å². The predicted octanol–water partition coefficient (Wildman–Crippen LogP) is 3.42. The Morgan fingerprint density at radius 3 is 2.11 bits per heavy atom. The summed E-state index contributed by atoms with van der Waals surface area (Å²) in [5.74, 6) is -0.232. The smallest absolute Gasteiger partial charge is 0.167 e. The van der Waals surface area contributed by atoms with E-state index in [1.165, 1.54) is 0 Å². The van der Waals surface area contributed by atoms with Gasteiger partial charge in [-0.15, -0.1) is 0 Å². The van der Waals surface area contributed by atoms with E-state index in [0.29, 0.717) is 5.56 Å². The van der Waals surface area contributed by atoms with Crippen molar-refractivity contribution in [1.29, 1.82) is 5.26 Å². The maximum atomic E-state index is 12.4. The largest absolute Gasteiger partial charge is 0.294 e. The molecule has 19 heavy (non-hydrogen) atoms. The normalized spacial score (nSPS) is 24.5. The van der Waals surface area contributed by atoms with Crippen LogP contribution in [0.4, 0.5) is 0 Å². The van der Waals surface area contributed by atoms with Gasteiger partial charge in [0.2, 0.25) is 0 Å². The summed E-state index contributed by atoms with van der Waals surface area (Å²) in [5, 5.41) is 9.20. The van der Waals surface area contributed by atoms with Gasteiger partial charge in [0, 0.05) is 17.4 Å². The molecule has 1 saturated carbocycles. The van der Waals surface area contributed by atoms with Gasteiger partial charge in [-0.3, -0.25) is 4.79 Å². The lowest BCUT2D eigenvalue weighted by Gasteiger charge is -2.00. The molecule has 0 saturated heterocycles. The van der Waals surface area contributed by atoms with Gasteiger partial charge in [0.15, 0.2) is 5.78 Å². The van der Waals surface area contributed by atoms with Crippen LogP contribution in [0.5, 0.6) is 0 Å². The van der Waals surface area contributed by atoms with E-state index in [9.17, 15) is 10.1 Å². The molecule has 0 aromatic heterocycles. The van der Waals surface area contributed by atoms with Gasteiger partial charge < -0.3 is 0 Å². The van der Waals surface area contributed by atoms with Crippen molar-refractivity contribution in [2.45, 2.75) is 5.92 Å². The zero-order valence-corrected chi connectivity index (χ0v) is 10.4. The van der Waals surface area contributed by atoms with Gasteiger partial charge in [-0.05, 0) is 5.56 Å². The summed E-state index contributed by atoms with van der Waals surface area (Å²) in [4.78, 5) is 12.4. The van der Waals surface area contributed by atoms with Gasteiger partial charge >= 0.3 is 0 Å². The molecule has 1 fully saturated rings. The zero-order chi connectivity index (χ0) is 13.2. The Kier molecular flexibility index (Phi) is 2.89. The fourth-order valence-corrected chi connectivity index (χ4v) is 2.68. The van der Waals surface area contributed by atoms with Crippen LogP contribution in [0.1, 0.15) is 21.8 Å². The molecule has 0 unspecified atom stereocenters. The molecule has 1 aliphatic carbocycles. The van der Waals surface area contributed by atoms with Crippen molar-refractivity contribution in [3.8, 4) is 6.07 Å². The number of ketones is 1. The van der Waals surface area contributed by atoms with E-state index >= 15 is 0 Å². The average molecular weight is 247 g/mol. The number of hydrogen-bond donors (Lipinski definition) is 0. The van der Waals surface area contributed by atoms with Crippen LogP contribution in [0, 0.1) is 23.2 Å². The lowest BCUT2D eigenvalue weighted by Crippen LogP contribution is -2.03. The molecule has 0 amide bonds. The van der Waals surface area contributed by atoms with Gasteiger partial charge in [-0.25, -0.2) is 0 Å². The van der Waals surface area contributed by atoms with Crippen molar-refractivity contribution in [3.63, 3.8) is 0 Å². The van der Waals surface area contributed by atoms with E-state index in [4.69, 9.17) is 0 Å². The molecule has 2 aromatic carbocycles. The van der Waals surface area contributed by atoms with Crippen molar-refractivity contribution >= 4 is 5.78 Å². The Morgan fingerprint density at radius 1 is 0.947 bits per heavy atom. The lowest BCUT2D eigenvalue weighted by atomic mass is 10.0. The average Bonchev–Trinajstić information content (AvgIpc) is 3.22. The number of nitrogens with zero attached hydrogens (tertiary/aromatic N) is 1. The third kappa shape index (κ3) is 2.04. The Labute approximate surface area is 112 Å². The van der Waals surface area contributed by atoms with Crippen molar-refractivity contribution in [3.05, 3.63) is 71.8 Å². The molecular formula is C17H13NO. The number of carbonyl (C=O) groups excluding carboxylic acids is 1. The van der Waals surface area contributed by atoms with E-state index in [0.717, 1.165) is 5.56 Å². The first-order valence-corrected chi connectivity index (χ1v) is 6.37. The van der Waals surface area contributed by atoms with Crippen molar-refractivity contribution in [2.75, 3.05) is 0 Å². The molecule has 0 aliphatic heterocycles. The van der Waals surface area contributed by atoms with Gasteiger partial charge in [0.1, 0.15) is 0 Å². The first-order chi connectivity index (χ1) is 9.33. The molecule has 92 valence electrons. The van der Waals surface area contributed by atoms with Gasteiger partial charge in [0.05, 0.1) is 12.0 Å². The highest BCUT2D eigenvalue weighted by Gasteiger charge is 2.55. The third-order valence-electron chi connectivity index (χ3n) is 3.71. The minimum atomic E-state index is -0.185. The molecule has 2 aromatic rings.